The lowest BCUT2D eigenvalue weighted by Crippen LogP contribution is -2.22. The Kier molecular flexibility index (Phi) is 7.85. The van der Waals surface area contributed by atoms with Crippen LogP contribution in [0.4, 0.5) is 11.4 Å². The Hall–Kier alpha value is -3.04. The van der Waals surface area contributed by atoms with E-state index < -0.39 is 10.1 Å². The van der Waals surface area contributed by atoms with Gasteiger partial charge in [0.25, 0.3) is 10.1 Å². The highest BCUT2D eigenvalue weighted by Crippen LogP contribution is 2.22. The summed E-state index contributed by atoms with van der Waals surface area (Å²) < 4.78 is 36.5. The van der Waals surface area contributed by atoms with Gasteiger partial charge < -0.3 is 10.1 Å². The molecule has 0 heterocycles. The molecule has 8 nitrogen and oxygen atoms in total. The van der Waals surface area contributed by atoms with E-state index in [-0.39, 0.29) is 10.8 Å². The number of nitrogens with zero attached hydrogens (tertiary/aromatic N) is 2. The number of amides is 1. The highest BCUT2D eigenvalue weighted by Gasteiger charge is 2.08. The number of azo groups is 1. The van der Waals surface area contributed by atoms with Crippen LogP contribution in [0.1, 0.15) is 12.8 Å². The molecule has 2 rings (SSSR count). The van der Waals surface area contributed by atoms with Crippen molar-refractivity contribution in [2.45, 2.75) is 17.7 Å². The number of nitrogens with one attached hydrogen (secondary N) is 1. The summed E-state index contributed by atoms with van der Waals surface area (Å²) in [5.41, 5.74) is 1.06. The van der Waals surface area contributed by atoms with Gasteiger partial charge in [-0.15, -0.1) is 0 Å². The van der Waals surface area contributed by atoms with Crippen LogP contribution in [-0.2, 0) is 14.9 Å². The Balaban J connectivity index is 1.78. The molecule has 0 bridgehead atoms. The zero-order valence-electron chi connectivity index (χ0n) is 15.1. The predicted octanol–water partition coefficient (Wildman–Crippen LogP) is 3.81. The molecular weight excluding hydrogens is 382 g/mol. The lowest BCUT2D eigenvalue weighted by molar-refractivity contribution is -0.116. The third-order valence-electron chi connectivity index (χ3n) is 3.58. The van der Waals surface area contributed by atoms with E-state index in [1.165, 1.54) is 30.3 Å². The molecule has 2 N–H and O–H groups in total. The zero-order valence-corrected chi connectivity index (χ0v) is 15.9. The van der Waals surface area contributed by atoms with E-state index in [0.717, 1.165) is 12.8 Å². The van der Waals surface area contributed by atoms with Crippen molar-refractivity contribution >= 4 is 27.4 Å². The van der Waals surface area contributed by atoms with Crippen molar-refractivity contribution in [3.05, 3.63) is 61.2 Å². The van der Waals surface area contributed by atoms with Gasteiger partial charge in [0, 0.05) is 6.54 Å². The van der Waals surface area contributed by atoms with Crippen molar-refractivity contribution in [2.24, 2.45) is 10.2 Å². The van der Waals surface area contributed by atoms with E-state index in [2.05, 4.69) is 22.1 Å². The van der Waals surface area contributed by atoms with Crippen LogP contribution in [0.25, 0.3) is 0 Å². The summed E-state index contributed by atoms with van der Waals surface area (Å²) >= 11 is 0. The molecule has 0 atom stereocenters. The first-order valence-corrected chi connectivity index (χ1v) is 9.95. The SMILES string of the molecule is C=CC(=O)NCCCCOc1ccc(N=Nc2ccc(S(=O)(=O)O)cc2)cc1. The fourth-order valence-corrected chi connectivity index (χ4v) is 2.59. The van der Waals surface area contributed by atoms with Crippen molar-refractivity contribution in [3.8, 4) is 5.75 Å². The van der Waals surface area contributed by atoms with Crippen molar-refractivity contribution in [1.82, 2.24) is 5.32 Å². The first kappa shape index (κ1) is 21.3. The Morgan fingerprint density at radius 1 is 1.04 bits per heavy atom. The van der Waals surface area contributed by atoms with E-state index in [1.807, 2.05) is 0 Å². The Labute approximate surface area is 163 Å². The Morgan fingerprint density at radius 3 is 2.14 bits per heavy atom. The second kappa shape index (κ2) is 10.3. The van der Waals surface area contributed by atoms with Crippen LogP contribution in [0.5, 0.6) is 5.75 Å². The fourth-order valence-electron chi connectivity index (χ4n) is 2.11. The maximum Gasteiger partial charge on any atom is 0.294 e. The van der Waals surface area contributed by atoms with Gasteiger partial charge >= 0.3 is 0 Å². The average molecular weight is 403 g/mol. The first-order valence-electron chi connectivity index (χ1n) is 8.51. The van der Waals surface area contributed by atoms with Crippen LogP contribution in [-0.4, -0.2) is 32.0 Å². The van der Waals surface area contributed by atoms with Gasteiger partial charge in [-0.25, -0.2) is 0 Å². The molecule has 9 heteroatoms. The van der Waals surface area contributed by atoms with Crippen molar-refractivity contribution in [1.29, 1.82) is 0 Å². The largest absolute Gasteiger partial charge is 0.494 e. The van der Waals surface area contributed by atoms with Gasteiger partial charge in [-0.05, 0) is 67.4 Å². The zero-order chi connectivity index (χ0) is 20.4. The summed E-state index contributed by atoms with van der Waals surface area (Å²) in [5.74, 6) is 0.520. The maximum atomic E-state index is 11.0. The highest BCUT2D eigenvalue weighted by atomic mass is 32.2. The summed E-state index contributed by atoms with van der Waals surface area (Å²) in [7, 11) is -4.22. The van der Waals surface area contributed by atoms with Gasteiger partial charge in [0.15, 0.2) is 0 Å². The molecule has 0 aromatic heterocycles. The minimum Gasteiger partial charge on any atom is -0.494 e. The summed E-state index contributed by atoms with van der Waals surface area (Å²) in [6.45, 7) is 4.50. The molecule has 0 aliphatic carbocycles. The molecule has 1 amide bonds. The molecule has 0 radical (unpaired) electrons. The second-order valence-electron chi connectivity index (χ2n) is 5.71. The topological polar surface area (TPSA) is 117 Å². The number of hydrogen-bond donors (Lipinski definition) is 2. The predicted molar refractivity (Wildman–Crippen MR) is 105 cm³/mol. The van der Waals surface area contributed by atoms with E-state index in [4.69, 9.17) is 9.29 Å². The number of carbonyl (C=O) groups excluding carboxylic acids is 1. The van der Waals surface area contributed by atoms with E-state index >= 15 is 0 Å². The molecule has 2 aromatic carbocycles. The van der Waals surface area contributed by atoms with Crippen LogP contribution in [0, 0.1) is 0 Å². The van der Waals surface area contributed by atoms with Gasteiger partial charge in [-0.1, -0.05) is 6.58 Å². The van der Waals surface area contributed by atoms with E-state index in [1.54, 1.807) is 24.3 Å². The first-order chi connectivity index (χ1) is 13.4. The van der Waals surface area contributed by atoms with Crippen molar-refractivity contribution < 1.29 is 22.5 Å². The minimum atomic E-state index is -4.22. The number of unbranched alkanes of at least 4 members (excludes halogenated alkanes) is 1. The van der Waals surface area contributed by atoms with E-state index in [0.29, 0.717) is 30.3 Å². The quantitative estimate of drug-likeness (QED) is 0.271. The second-order valence-corrected chi connectivity index (χ2v) is 7.14. The summed E-state index contributed by atoms with van der Waals surface area (Å²) in [6, 6.07) is 12.4. The summed E-state index contributed by atoms with van der Waals surface area (Å²) in [5, 5.41) is 10.8. The van der Waals surface area contributed by atoms with Gasteiger partial charge in [-0.2, -0.15) is 18.6 Å². The number of ether oxygens (including phenoxy) is 1. The van der Waals surface area contributed by atoms with Gasteiger partial charge in [0.1, 0.15) is 5.75 Å². The van der Waals surface area contributed by atoms with Crippen molar-refractivity contribution in [3.63, 3.8) is 0 Å². The normalized spacial score (nSPS) is 11.3. The standard InChI is InChI=1S/C19H21N3O5S/c1-2-19(23)20-13-3-4-14-27-17-9-5-15(6-10-17)21-22-16-7-11-18(12-8-16)28(24,25)26/h2,5-12H,1,3-4,13-14H2,(H,20,23)(H,24,25,26). The molecule has 0 spiro atoms. The van der Waals surface area contributed by atoms with Crippen LogP contribution >= 0.6 is 0 Å². The Bertz CT molecular complexity index is 923. The van der Waals surface area contributed by atoms with Gasteiger partial charge in [0.05, 0.1) is 22.9 Å². The number of hydrogen-bond acceptors (Lipinski definition) is 6. The molecule has 148 valence electrons. The molecule has 0 unspecified atom stereocenters. The van der Waals surface area contributed by atoms with Crippen molar-refractivity contribution in [2.75, 3.05) is 13.2 Å². The lowest BCUT2D eigenvalue weighted by Gasteiger charge is -2.06. The van der Waals surface area contributed by atoms with Crippen LogP contribution < -0.4 is 10.1 Å². The molecular formula is C19H21N3O5S. The monoisotopic (exact) mass is 403 g/mol. The number of carbonyl (C=O) groups is 1. The minimum absolute atomic E-state index is 0.181. The fraction of sp³-hybridized carbons (Fsp3) is 0.211. The molecule has 0 fully saturated rings. The number of benzene rings is 2. The van der Waals surface area contributed by atoms with Gasteiger partial charge in [0.2, 0.25) is 5.91 Å². The maximum absolute atomic E-state index is 11.0. The highest BCUT2D eigenvalue weighted by molar-refractivity contribution is 7.85. The molecule has 28 heavy (non-hydrogen) atoms. The van der Waals surface area contributed by atoms with Gasteiger partial charge in [-0.3, -0.25) is 9.35 Å². The average Bonchev–Trinajstić information content (AvgIpc) is 2.69. The van der Waals surface area contributed by atoms with Crippen LogP contribution in [0.2, 0.25) is 0 Å². The van der Waals surface area contributed by atoms with Crippen LogP contribution in [0.3, 0.4) is 0 Å². The molecule has 0 saturated heterocycles. The molecule has 0 saturated carbocycles. The molecule has 0 aliphatic rings. The molecule has 2 aromatic rings. The lowest BCUT2D eigenvalue weighted by atomic mass is 10.3. The number of rotatable bonds is 10. The van der Waals surface area contributed by atoms with E-state index in [9.17, 15) is 13.2 Å². The summed E-state index contributed by atoms with van der Waals surface area (Å²) in [6.07, 6.45) is 2.85. The smallest absolute Gasteiger partial charge is 0.294 e. The third kappa shape index (κ3) is 7.29. The third-order valence-corrected chi connectivity index (χ3v) is 4.44. The van der Waals surface area contributed by atoms with Crippen LogP contribution in [0.15, 0.2) is 76.3 Å². The summed E-state index contributed by atoms with van der Waals surface area (Å²) in [4.78, 5) is 10.8. The molecule has 0 aliphatic heterocycles. The Morgan fingerprint density at radius 2 is 1.61 bits per heavy atom.